The van der Waals surface area contributed by atoms with Crippen LogP contribution in [0.25, 0.3) is 0 Å². The van der Waals surface area contributed by atoms with Gasteiger partial charge in [0.2, 0.25) is 0 Å². The molecule has 0 radical (unpaired) electrons. The molecule has 1 N–H and O–H groups in total. The predicted octanol–water partition coefficient (Wildman–Crippen LogP) is 2.89. The van der Waals surface area contributed by atoms with Crippen molar-refractivity contribution in [2.24, 2.45) is 5.92 Å². The van der Waals surface area contributed by atoms with Crippen LogP contribution in [0.2, 0.25) is 0 Å². The number of ether oxygens (including phenoxy) is 1. The van der Waals surface area contributed by atoms with E-state index >= 15 is 0 Å². The minimum atomic E-state index is -0.415. The molecule has 1 aliphatic heterocycles. The first kappa shape index (κ1) is 11.4. The molecule has 2 nitrogen and oxygen atoms in total. The van der Waals surface area contributed by atoms with Crippen molar-refractivity contribution >= 4 is 0 Å². The van der Waals surface area contributed by atoms with E-state index < -0.39 is 5.60 Å². The molecular weight excluding hydrogens is 188 g/mol. The molecule has 0 spiro atoms. The molecule has 1 saturated carbocycles. The van der Waals surface area contributed by atoms with E-state index in [1.807, 2.05) is 0 Å². The van der Waals surface area contributed by atoms with E-state index in [-0.39, 0.29) is 6.10 Å². The minimum Gasteiger partial charge on any atom is -0.389 e. The standard InChI is InChI=1S/C13H24O2/c1-11-10-13(14,8-9-15-11)12-6-4-2-3-5-7-12/h11-12,14H,2-10H2,1H3. The lowest BCUT2D eigenvalue weighted by Crippen LogP contribution is -2.45. The number of hydrogen-bond donors (Lipinski definition) is 1. The van der Waals surface area contributed by atoms with E-state index in [1.54, 1.807) is 0 Å². The van der Waals surface area contributed by atoms with Gasteiger partial charge in [0.15, 0.2) is 0 Å². The quantitative estimate of drug-likeness (QED) is 0.677. The summed E-state index contributed by atoms with van der Waals surface area (Å²) in [5.74, 6) is 0.534. The van der Waals surface area contributed by atoms with Crippen LogP contribution in [0, 0.1) is 5.92 Å². The van der Waals surface area contributed by atoms with Gasteiger partial charge in [-0.15, -0.1) is 0 Å². The van der Waals surface area contributed by atoms with Crippen LogP contribution in [0.1, 0.15) is 58.3 Å². The van der Waals surface area contributed by atoms with E-state index in [1.165, 1.54) is 38.5 Å². The number of aliphatic hydroxyl groups is 1. The highest BCUT2D eigenvalue weighted by atomic mass is 16.5. The molecule has 2 aliphatic rings. The SMILES string of the molecule is CC1CC(O)(C2CCCCCC2)CCO1. The van der Waals surface area contributed by atoms with E-state index in [2.05, 4.69) is 6.92 Å². The maximum atomic E-state index is 10.7. The lowest BCUT2D eigenvalue weighted by atomic mass is 9.75. The van der Waals surface area contributed by atoms with Crippen molar-refractivity contribution < 1.29 is 9.84 Å². The van der Waals surface area contributed by atoms with Crippen molar-refractivity contribution in [2.75, 3.05) is 6.61 Å². The molecule has 2 heteroatoms. The van der Waals surface area contributed by atoms with E-state index in [0.717, 1.165) is 19.4 Å². The van der Waals surface area contributed by atoms with Crippen LogP contribution in [-0.2, 0) is 4.74 Å². The van der Waals surface area contributed by atoms with E-state index in [9.17, 15) is 5.11 Å². The minimum absolute atomic E-state index is 0.243. The summed E-state index contributed by atoms with van der Waals surface area (Å²) in [7, 11) is 0. The van der Waals surface area contributed by atoms with Gasteiger partial charge in [-0.3, -0.25) is 0 Å². The fraction of sp³-hybridized carbons (Fsp3) is 1.00. The van der Waals surface area contributed by atoms with Gasteiger partial charge in [0, 0.05) is 13.0 Å². The fourth-order valence-corrected chi connectivity index (χ4v) is 3.28. The predicted molar refractivity (Wildman–Crippen MR) is 60.8 cm³/mol. The smallest absolute Gasteiger partial charge is 0.0722 e. The molecule has 2 unspecified atom stereocenters. The second-order valence-corrected chi connectivity index (χ2v) is 5.43. The van der Waals surface area contributed by atoms with Crippen LogP contribution in [0.5, 0.6) is 0 Å². The first-order valence-corrected chi connectivity index (χ1v) is 6.55. The Morgan fingerprint density at radius 1 is 1.13 bits per heavy atom. The maximum absolute atomic E-state index is 10.7. The summed E-state index contributed by atoms with van der Waals surface area (Å²) in [6.07, 6.45) is 9.72. The lowest BCUT2D eigenvalue weighted by molar-refractivity contribution is -0.129. The van der Waals surface area contributed by atoms with Crippen molar-refractivity contribution in [1.29, 1.82) is 0 Å². The Hall–Kier alpha value is -0.0800. The average Bonchev–Trinajstić information content (AvgIpc) is 2.45. The molecule has 0 bridgehead atoms. The van der Waals surface area contributed by atoms with Gasteiger partial charge < -0.3 is 9.84 Å². The van der Waals surface area contributed by atoms with Crippen LogP contribution in [0.3, 0.4) is 0 Å². The van der Waals surface area contributed by atoms with Crippen LogP contribution in [0.4, 0.5) is 0 Å². The highest BCUT2D eigenvalue weighted by Crippen LogP contribution is 2.39. The Labute approximate surface area is 93.0 Å². The van der Waals surface area contributed by atoms with Crippen LogP contribution < -0.4 is 0 Å². The third-order valence-electron chi connectivity index (χ3n) is 4.19. The Morgan fingerprint density at radius 3 is 2.40 bits per heavy atom. The average molecular weight is 212 g/mol. The van der Waals surface area contributed by atoms with Gasteiger partial charge in [0.1, 0.15) is 0 Å². The topological polar surface area (TPSA) is 29.5 Å². The van der Waals surface area contributed by atoms with Crippen molar-refractivity contribution in [3.8, 4) is 0 Å². The van der Waals surface area contributed by atoms with Gasteiger partial charge in [0.05, 0.1) is 11.7 Å². The van der Waals surface area contributed by atoms with Crippen molar-refractivity contribution in [1.82, 2.24) is 0 Å². The summed E-state index contributed by atoms with van der Waals surface area (Å²) in [5.41, 5.74) is -0.415. The van der Waals surface area contributed by atoms with Gasteiger partial charge >= 0.3 is 0 Å². The summed E-state index contributed by atoms with van der Waals surface area (Å²) < 4.78 is 5.54. The third-order valence-corrected chi connectivity index (χ3v) is 4.19. The highest BCUT2D eigenvalue weighted by Gasteiger charge is 2.40. The van der Waals surface area contributed by atoms with Crippen molar-refractivity contribution in [2.45, 2.75) is 70.0 Å². The second kappa shape index (κ2) is 4.84. The summed E-state index contributed by atoms with van der Waals surface area (Å²) in [6.45, 7) is 2.83. The molecule has 1 aliphatic carbocycles. The lowest BCUT2D eigenvalue weighted by Gasteiger charge is -2.41. The summed E-state index contributed by atoms with van der Waals surface area (Å²) in [4.78, 5) is 0. The van der Waals surface area contributed by atoms with Gasteiger partial charge in [-0.05, 0) is 32.1 Å². The van der Waals surface area contributed by atoms with Gasteiger partial charge in [0.25, 0.3) is 0 Å². The maximum Gasteiger partial charge on any atom is 0.0722 e. The van der Waals surface area contributed by atoms with Gasteiger partial charge in [-0.2, -0.15) is 0 Å². The molecule has 15 heavy (non-hydrogen) atoms. The molecule has 1 saturated heterocycles. The zero-order chi connectivity index (χ0) is 10.7. The normalized spacial score (nSPS) is 40.0. The molecule has 2 fully saturated rings. The van der Waals surface area contributed by atoms with Gasteiger partial charge in [-0.25, -0.2) is 0 Å². The first-order chi connectivity index (χ1) is 7.21. The second-order valence-electron chi connectivity index (χ2n) is 5.43. The largest absolute Gasteiger partial charge is 0.389 e. The third kappa shape index (κ3) is 2.73. The first-order valence-electron chi connectivity index (χ1n) is 6.55. The highest BCUT2D eigenvalue weighted by molar-refractivity contribution is 4.91. The monoisotopic (exact) mass is 212 g/mol. The fourth-order valence-electron chi connectivity index (χ4n) is 3.28. The summed E-state index contributed by atoms with van der Waals surface area (Å²) in [5, 5.41) is 10.7. The Balaban J connectivity index is 1.98. The Morgan fingerprint density at radius 2 is 1.80 bits per heavy atom. The molecule has 88 valence electrons. The molecule has 0 aromatic rings. The molecule has 0 amide bonds. The van der Waals surface area contributed by atoms with Gasteiger partial charge in [-0.1, -0.05) is 25.7 Å². The number of hydrogen-bond acceptors (Lipinski definition) is 2. The van der Waals surface area contributed by atoms with Crippen LogP contribution >= 0.6 is 0 Å². The number of rotatable bonds is 1. The van der Waals surface area contributed by atoms with Crippen molar-refractivity contribution in [3.05, 3.63) is 0 Å². The van der Waals surface area contributed by atoms with E-state index in [4.69, 9.17) is 4.74 Å². The molecule has 2 atom stereocenters. The zero-order valence-electron chi connectivity index (χ0n) is 9.87. The molecule has 0 aromatic heterocycles. The molecule has 2 rings (SSSR count). The molecular formula is C13H24O2. The molecule has 0 aromatic carbocycles. The van der Waals surface area contributed by atoms with Crippen LogP contribution in [-0.4, -0.2) is 23.4 Å². The Bertz CT molecular complexity index is 197. The Kier molecular flexibility index (Phi) is 3.68. The summed E-state index contributed by atoms with van der Waals surface area (Å²) >= 11 is 0. The zero-order valence-corrected chi connectivity index (χ0v) is 9.87. The van der Waals surface area contributed by atoms with Crippen molar-refractivity contribution in [3.63, 3.8) is 0 Å². The van der Waals surface area contributed by atoms with E-state index in [0.29, 0.717) is 5.92 Å². The molecule has 1 heterocycles. The van der Waals surface area contributed by atoms with Crippen LogP contribution in [0.15, 0.2) is 0 Å². The summed E-state index contributed by atoms with van der Waals surface area (Å²) in [6, 6.07) is 0.